The van der Waals surface area contributed by atoms with Gasteiger partial charge in [0, 0.05) is 6.54 Å². The van der Waals surface area contributed by atoms with Gasteiger partial charge in [0.2, 0.25) is 0 Å². The van der Waals surface area contributed by atoms with Crippen LogP contribution in [0, 0.1) is 10.1 Å². The Labute approximate surface area is 101 Å². The van der Waals surface area contributed by atoms with Gasteiger partial charge in [-0.2, -0.15) is 0 Å². The highest BCUT2D eigenvalue weighted by atomic mass is 16.6. The Morgan fingerprint density at radius 1 is 1.41 bits per heavy atom. The smallest absolute Gasteiger partial charge is 0.296 e. The summed E-state index contributed by atoms with van der Waals surface area (Å²) in [5.74, 6) is 0.528. The number of ether oxygens (including phenoxy) is 1. The van der Waals surface area contributed by atoms with E-state index in [9.17, 15) is 10.1 Å². The van der Waals surface area contributed by atoms with E-state index in [1.807, 2.05) is 6.92 Å². The predicted molar refractivity (Wildman–Crippen MR) is 67.7 cm³/mol. The molecule has 0 heterocycles. The second kappa shape index (κ2) is 6.73. The summed E-state index contributed by atoms with van der Waals surface area (Å²) < 4.78 is 5.25. The molecule has 0 aromatic heterocycles. The number of nitrogens with one attached hydrogen (secondary N) is 1. The molecular weight excluding hydrogens is 220 g/mol. The van der Waals surface area contributed by atoms with Gasteiger partial charge in [0.1, 0.15) is 11.4 Å². The molecule has 0 aliphatic heterocycles. The number of nitro groups is 1. The van der Waals surface area contributed by atoms with Crippen molar-refractivity contribution >= 4 is 11.4 Å². The standard InChI is InChI=1S/C12H18N2O3/c1-3-5-8-13-11-7-6-10(17-4-2)9-12(11)14(15)16/h6-7,9,13H,3-5,8H2,1-2H3. The van der Waals surface area contributed by atoms with Crippen LogP contribution >= 0.6 is 0 Å². The molecule has 0 aliphatic carbocycles. The molecule has 0 spiro atoms. The third kappa shape index (κ3) is 3.94. The van der Waals surface area contributed by atoms with Crippen LogP contribution in [0.2, 0.25) is 0 Å². The van der Waals surface area contributed by atoms with Crippen molar-refractivity contribution in [1.29, 1.82) is 0 Å². The van der Waals surface area contributed by atoms with Crippen molar-refractivity contribution in [3.05, 3.63) is 28.3 Å². The number of anilines is 1. The van der Waals surface area contributed by atoms with Crippen molar-refractivity contribution in [3.8, 4) is 5.75 Å². The molecule has 0 fully saturated rings. The third-order valence-electron chi connectivity index (χ3n) is 2.32. The highest BCUT2D eigenvalue weighted by molar-refractivity contribution is 5.63. The molecule has 0 saturated carbocycles. The molecule has 0 amide bonds. The van der Waals surface area contributed by atoms with Gasteiger partial charge in [-0.3, -0.25) is 10.1 Å². The van der Waals surface area contributed by atoms with E-state index in [0.717, 1.165) is 19.4 Å². The zero-order valence-corrected chi connectivity index (χ0v) is 10.2. The molecule has 0 radical (unpaired) electrons. The zero-order chi connectivity index (χ0) is 12.7. The summed E-state index contributed by atoms with van der Waals surface area (Å²) in [6.45, 7) is 5.17. The summed E-state index contributed by atoms with van der Waals surface area (Å²) in [6.07, 6.45) is 2.04. The molecule has 1 aromatic rings. The van der Waals surface area contributed by atoms with E-state index < -0.39 is 4.92 Å². The molecule has 0 bridgehead atoms. The fourth-order valence-corrected chi connectivity index (χ4v) is 1.47. The highest BCUT2D eigenvalue weighted by Gasteiger charge is 2.14. The molecule has 17 heavy (non-hydrogen) atoms. The van der Waals surface area contributed by atoms with Crippen LogP contribution in [0.4, 0.5) is 11.4 Å². The monoisotopic (exact) mass is 238 g/mol. The summed E-state index contributed by atoms with van der Waals surface area (Å²) in [5, 5.41) is 14.0. The molecule has 0 unspecified atom stereocenters. The normalized spacial score (nSPS) is 10.0. The van der Waals surface area contributed by atoms with E-state index in [1.54, 1.807) is 12.1 Å². The van der Waals surface area contributed by atoms with Crippen LogP contribution in [-0.4, -0.2) is 18.1 Å². The molecule has 1 N–H and O–H groups in total. The number of nitrogens with zero attached hydrogens (tertiary/aromatic N) is 1. The van der Waals surface area contributed by atoms with E-state index in [1.165, 1.54) is 6.07 Å². The number of nitro benzene ring substituents is 1. The van der Waals surface area contributed by atoms with Gasteiger partial charge in [-0.1, -0.05) is 13.3 Å². The Morgan fingerprint density at radius 3 is 2.76 bits per heavy atom. The summed E-state index contributed by atoms with van der Waals surface area (Å²) >= 11 is 0. The Kier molecular flexibility index (Phi) is 5.26. The second-order valence-electron chi connectivity index (χ2n) is 3.65. The van der Waals surface area contributed by atoms with Crippen molar-refractivity contribution in [2.24, 2.45) is 0 Å². The van der Waals surface area contributed by atoms with Gasteiger partial charge < -0.3 is 10.1 Å². The first-order valence-corrected chi connectivity index (χ1v) is 5.84. The van der Waals surface area contributed by atoms with Gasteiger partial charge in [0.05, 0.1) is 17.6 Å². The van der Waals surface area contributed by atoms with Gasteiger partial charge in [0.15, 0.2) is 0 Å². The lowest BCUT2D eigenvalue weighted by Gasteiger charge is -2.08. The van der Waals surface area contributed by atoms with Crippen LogP contribution in [0.3, 0.4) is 0 Å². The number of rotatable bonds is 7. The van der Waals surface area contributed by atoms with Crippen LogP contribution in [-0.2, 0) is 0 Å². The molecule has 0 saturated heterocycles. The first kappa shape index (κ1) is 13.3. The van der Waals surface area contributed by atoms with Gasteiger partial charge >= 0.3 is 0 Å². The zero-order valence-electron chi connectivity index (χ0n) is 10.2. The maximum Gasteiger partial charge on any atom is 0.296 e. The van der Waals surface area contributed by atoms with Crippen molar-refractivity contribution in [3.63, 3.8) is 0 Å². The lowest BCUT2D eigenvalue weighted by atomic mass is 10.2. The minimum Gasteiger partial charge on any atom is -0.494 e. The molecule has 1 aromatic carbocycles. The third-order valence-corrected chi connectivity index (χ3v) is 2.32. The van der Waals surface area contributed by atoms with Crippen molar-refractivity contribution in [2.45, 2.75) is 26.7 Å². The SMILES string of the molecule is CCCCNc1ccc(OCC)cc1[N+](=O)[O-]. The lowest BCUT2D eigenvalue weighted by molar-refractivity contribution is -0.384. The molecule has 1 rings (SSSR count). The second-order valence-corrected chi connectivity index (χ2v) is 3.65. The van der Waals surface area contributed by atoms with E-state index in [0.29, 0.717) is 18.0 Å². The van der Waals surface area contributed by atoms with Crippen LogP contribution in [0.1, 0.15) is 26.7 Å². The Bertz CT molecular complexity index is 380. The van der Waals surface area contributed by atoms with E-state index >= 15 is 0 Å². The average molecular weight is 238 g/mol. The first-order chi connectivity index (χ1) is 8.19. The first-order valence-electron chi connectivity index (χ1n) is 5.84. The van der Waals surface area contributed by atoms with Crippen LogP contribution in [0.25, 0.3) is 0 Å². The summed E-state index contributed by atoms with van der Waals surface area (Å²) in [7, 11) is 0. The number of hydrogen-bond acceptors (Lipinski definition) is 4. The predicted octanol–water partition coefficient (Wildman–Crippen LogP) is 3.21. The maximum absolute atomic E-state index is 10.9. The Balaban J connectivity index is 2.84. The van der Waals surface area contributed by atoms with Crippen LogP contribution in [0.5, 0.6) is 5.75 Å². The summed E-state index contributed by atoms with van der Waals surface area (Å²) in [6, 6.07) is 4.89. The van der Waals surface area contributed by atoms with Gasteiger partial charge in [0.25, 0.3) is 5.69 Å². The average Bonchev–Trinajstić information content (AvgIpc) is 2.31. The quantitative estimate of drug-likeness (QED) is 0.450. The van der Waals surface area contributed by atoms with Crippen molar-refractivity contribution in [2.75, 3.05) is 18.5 Å². The molecule has 0 atom stereocenters. The van der Waals surface area contributed by atoms with Crippen molar-refractivity contribution in [1.82, 2.24) is 0 Å². The highest BCUT2D eigenvalue weighted by Crippen LogP contribution is 2.29. The van der Waals surface area contributed by atoms with E-state index in [-0.39, 0.29) is 5.69 Å². The minimum atomic E-state index is -0.392. The van der Waals surface area contributed by atoms with Crippen LogP contribution < -0.4 is 10.1 Å². The topological polar surface area (TPSA) is 64.4 Å². The van der Waals surface area contributed by atoms with Crippen LogP contribution in [0.15, 0.2) is 18.2 Å². The molecule has 5 heteroatoms. The van der Waals surface area contributed by atoms with E-state index in [2.05, 4.69) is 12.2 Å². The molecule has 0 aliphatic rings. The van der Waals surface area contributed by atoms with Crippen molar-refractivity contribution < 1.29 is 9.66 Å². The summed E-state index contributed by atoms with van der Waals surface area (Å²) in [4.78, 5) is 10.5. The fraction of sp³-hybridized carbons (Fsp3) is 0.500. The lowest BCUT2D eigenvalue weighted by Crippen LogP contribution is -2.04. The van der Waals surface area contributed by atoms with Gasteiger partial charge in [-0.25, -0.2) is 0 Å². The number of unbranched alkanes of at least 4 members (excludes halogenated alkanes) is 1. The Hall–Kier alpha value is -1.78. The van der Waals surface area contributed by atoms with E-state index in [4.69, 9.17) is 4.74 Å². The van der Waals surface area contributed by atoms with Gasteiger partial charge in [-0.15, -0.1) is 0 Å². The fourth-order valence-electron chi connectivity index (χ4n) is 1.47. The van der Waals surface area contributed by atoms with Gasteiger partial charge in [-0.05, 0) is 25.5 Å². The summed E-state index contributed by atoms with van der Waals surface area (Å²) in [5.41, 5.74) is 0.610. The molecular formula is C12H18N2O3. The Morgan fingerprint density at radius 2 is 2.18 bits per heavy atom. The molecule has 94 valence electrons. The number of benzene rings is 1. The maximum atomic E-state index is 10.9. The number of hydrogen-bond donors (Lipinski definition) is 1. The molecule has 5 nitrogen and oxygen atoms in total. The largest absolute Gasteiger partial charge is 0.494 e. The minimum absolute atomic E-state index is 0.0621.